The van der Waals surface area contributed by atoms with E-state index >= 15 is 0 Å². The van der Waals surface area contributed by atoms with E-state index in [1.807, 2.05) is 13.8 Å². The van der Waals surface area contributed by atoms with Gasteiger partial charge < -0.3 is 53.9 Å². The fourth-order valence-corrected chi connectivity index (χ4v) is 7.50. The molecule has 1 aliphatic carbocycles. The number of carbonyl (C=O) groups is 2. The average Bonchev–Trinajstić information content (AvgIpc) is 2.99. The van der Waals surface area contributed by atoms with Crippen LogP contribution in [0.4, 0.5) is 0 Å². The normalized spacial score (nSPS) is 21.8. The van der Waals surface area contributed by atoms with Gasteiger partial charge in [0, 0.05) is 220 Å². The van der Waals surface area contributed by atoms with Gasteiger partial charge in [-0.15, -0.1) is 0 Å². The first-order valence-electron chi connectivity index (χ1n) is 16.1. The zero-order chi connectivity index (χ0) is 39.0. The van der Waals surface area contributed by atoms with Crippen molar-refractivity contribution in [2.75, 3.05) is 13.2 Å². The molecule has 9 N–H and O–H groups in total. The van der Waals surface area contributed by atoms with Crippen LogP contribution in [0.15, 0.2) is 0 Å². The summed E-state index contributed by atoms with van der Waals surface area (Å²) in [5.41, 5.74) is 0. The fraction of sp³-hybridized carbons (Fsp3) is 0.920. The molecule has 33 heteroatoms. The third kappa shape index (κ3) is 37.2. The summed E-state index contributed by atoms with van der Waals surface area (Å²) in [6.45, 7) is 2.38. The minimum atomic E-state index is -5.76. The summed E-state index contributed by atoms with van der Waals surface area (Å²) in [5.74, 6) is -1.43. The van der Waals surface area contributed by atoms with Crippen LogP contribution in [0.5, 0.6) is 0 Å². The molecule has 0 bridgehead atoms. The van der Waals surface area contributed by atoms with E-state index in [2.05, 4.69) is 13.6 Å². The van der Waals surface area contributed by atoms with Gasteiger partial charge in [0.25, 0.3) is 0 Å². The Labute approximate surface area is 493 Å². The van der Waals surface area contributed by atoms with E-state index in [4.69, 9.17) is 18.5 Å². The van der Waals surface area contributed by atoms with Gasteiger partial charge in [0.2, 0.25) is 0 Å². The molecule has 1 rings (SSSR count). The van der Waals surface area contributed by atoms with Crippen LogP contribution in [0.2, 0.25) is 0 Å². The number of esters is 2. The van der Waals surface area contributed by atoms with Crippen molar-refractivity contribution in [3.63, 3.8) is 0 Å². The Hall–Kier alpha value is 6.30. The number of carbonyl (C=O) groups excluding carboxylic acids is 2. The molecule has 7 radical (unpaired) electrons. The molecule has 8 atom stereocenters. The molecule has 0 saturated heterocycles. The maximum Gasteiger partial charge on any atom is 0.472 e. The van der Waals surface area contributed by atoms with Crippen LogP contribution in [-0.4, -0.2) is 319 Å². The van der Waals surface area contributed by atoms with Crippen LogP contribution in [0.25, 0.3) is 0 Å². The quantitative estimate of drug-likeness (QED) is 0.0221. The van der Waals surface area contributed by atoms with Crippen LogP contribution in [0.1, 0.15) is 90.9 Å². The molecular formula is C25H50Na7O22P4. The first kappa shape index (κ1) is 78.5. The minimum absolute atomic E-state index is 0. The number of hydrogen-bond donors (Lipinski definition) is 9. The second kappa shape index (κ2) is 40.1. The number of rotatable bonds is 26. The number of unbranched alkanes of at least 4 members (excludes halogenated alkanes) is 8. The molecule has 1 saturated carbocycles. The average molecular weight is 987 g/mol. The Kier molecular flexibility index (Phi) is 54.2. The van der Waals surface area contributed by atoms with Gasteiger partial charge in [-0.2, -0.15) is 0 Å². The van der Waals surface area contributed by atoms with Gasteiger partial charge in [0.05, 0.1) is 6.61 Å². The summed E-state index contributed by atoms with van der Waals surface area (Å²) in [4.78, 5) is 91.0. The number of aliphatic hydroxyl groups excluding tert-OH is 2. The first-order chi connectivity index (χ1) is 23.5. The number of phosphoric ester groups is 4. The molecule has 0 heterocycles. The Balaban J connectivity index is -0.000000743. The van der Waals surface area contributed by atoms with Crippen molar-refractivity contribution >= 4 is 250 Å². The summed E-state index contributed by atoms with van der Waals surface area (Å²) in [7, 11) is -22.9. The van der Waals surface area contributed by atoms with Crippen molar-refractivity contribution in [1.29, 1.82) is 0 Å². The molecule has 58 heavy (non-hydrogen) atoms. The van der Waals surface area contributed by atoms with Crippen molar-refractivity contribution in [3.8, 4) is 0 Å². The summed E-state index contributed by atoms with van der Waals surface area (Å²) in [5, 5.41) is 21.5. The monoisotopic (exact) mass is 987 g/mol. The largest absolute Gasteiger partial charge is 0.472 e. The molecule has 0 aromatic rings. The Bertz CT molecular complexity index is 1240. The molecule has 0 spiro atoms. The molecular weight excluding hydrogens is 937 g/mol. The van der Waals surface area contributed by atoms with E-state index in [0.717, 1.165) is 44.9 Å². The van der Waals surface area contributed by atoms with E-state index in [9.17, 15) is 72.3 Å². The van der Waals surface area contributed by atoms with Crippen LogP contribution in [0, 0.1) is 0 Å². The Morgan fingerprint density at radius 2 is 0.862 bits per heavy atom. The first-order valence-corrected chi connectivity index (χ1v) is 22.2. The third-order valence-electron chi connectivity index (χ3n) is 7.15. The molecule has 0 aliphatic heterocycles. The topological polar surface area (TPSA) is 349 Å². The molecule has 22 nitrogen and oxygen atoms in total. The van der Waals surface area contributed by atoms with Gasteiger partial charge in [-0.05, 0) is 12.8 Å². The van der Waals surface area contributed by atoms with Gasteiger partial charge in [-0.3, -0.25) is 32.2 Å². The zero-order valence-corrected chi connectivity index (χ0v) is 52.6. The number of hydrogen-bond acceptors (Lipinski definition) is 15. The molecule has 0 aromatic heterocycles. The second-order valence-electron chi connectivity index (χ2n) is 11.6. The predicted octanol–water partition coefficient (Wildman–Crippen LogP) is -0.832. The Morgan fingerprint density at radius 1 is 0.500 bits per heavy atom. The molecule has 3 unspecified atom stereocenters. The van der Waals surface area contributed by atoms with Crippen molar-refractivity contribution in [1.82, 2.24) is 0 Å². The van der Waals surface area contributed by atoms with Gasteiger partial charge in [-0.25, -0.2) is 18.3 Å². The van der Waals surface area contributed by atoms with E-state index in [1.54, 1.807) is 0 Å². The molecule has 1 fully saturated rings. The molecule has 309 valence electrons. The van der Waals surface area contributed by atoms with E-state index in [-0.39, 0.29) is 220 Å². The van der Waals surface area contributed by atoms with E-state index in [0.29, 0.717) is 19.3 Å². The molecule has 0 aromatic carbocycles. The van der Waals surface area contributed by atoms with Gasteiger partial charge >= 0.3 is 43.2 Å². The number of phosphoric acid groups is 4. The maximum absolute atomic E-state index is 13.0. The number of ether oxygens (including phenoxy) is 2. The van der Waals surface area contributed by atoms with Crippen LogP contribution in [-0.2, 0) is 59.9 Å². The summed E-state index contributed by atoms with van der Waals surface area (Å²) in [6.07, 6.45) is -9.83. The smallest absolute Gasteiger partial charge is 0.462 e. The molecule has 1 aliphatic rings. The SMILES string of the molecule is CCCCCCCC(=O)OC[C@H](COP(=O)(O)OC1[C@H](O)[C@H](OP(=O)(O)O)C(OP(=O)(O)O)[C@H](OP(=O)(O)O)[C@H]1O)OC(=O)CCCCCCC.[Na].[Na].[Na].[Na].[Na].[Na].[Na]. The van der Waals surface area contributed by atoms with Gasteiger partial charge in [-0.1, -0.05) is 65.2 Å². The minimum Gasteiger partial charge on any atom is -0.462 e. The predicted molar refractivity (Wildman–Crippen MR) is 211 cm³/mol. The Morgan fingerprint density at radius 3 is 1.24 bits per heavy atom. The summed E-state index contributed by atoms with van der Waals surface area (Å²) in [6, 6.07) is 0. The van der Waals surface area contributed by atoms with Crippen LogP contribution >= 0.6 is 31.3 Å². The van der Waals surface area contributed by atoms with Crippen molar-refractivity contribution in [2.45, 2.75) is 134 Å². The van der Waals surface area contributed by atoms with Crippen LogP contribution < -0.4 is 0 Å². The molecule has 0 amide bonds. The van der Waals surface area contributed by atoms with Crippen molar-refractivity contribution < 1.29 is 104 Å². The summed E-state index contributed by atoms with van der Waals surface area (Å²) >= 11 is 0. The van der Waals surface area contributed by atoms with Crippen molar-refractivity contribution in [2.24, 2.45) is 0 Å². The standard InChI is InChI=1S/C25H50O22P4.7Na/c1-3-5-7-9-11-13-18(26)41-15-17(43-19(27)14-12-10-8-6-4-2)16-42-51(39,40)47-22-20(28)23(44-48(30,31)32)25(46-50(36,37)38)24(21(22)29)45-49(33,34)35;;;;;;;/h17,20-25,28-29H,3-16H2,1-2H3,(H,39,40)(H2,30,31,32)(H2,33,34,35)(H2,36,37,38);;;;;;;/t17-,20+,21+,22?,23-,24+,25?;;;;;;;/m1......./s1. The van der Waals surface area contributed by atoms with Crippen molar-refractivity contribution in [3.05, 3.63) is 0 Å². The van der Waals surface area contributed by atoms with Gasteiger partial charge in [0.15, 0.2) is 6.10 Å². The van der Waals surface area contributed by atoms with E-state index in [1.165, 1.54) is 0 Å². The van der Waals surface area contributed by atoms with E-state index < -0.39 is 99.2 Å². The fourth-order valence-electron chi connectivity index (χ4n) is 4.84. The second-order valence-corrected chi connectivity index (χ2v) is 16.6. The zero-order valence-electron chi connectivity index (χ0n) is 35.1. The summed E-state index contributed by atoms with van der Waals surface area (Å²) < 4.78 is 80.7. The number of aliphatic hydroxyl groups is 2. The third-order valence-corrected chi connectivity index (χ3v) is 9.69. The maximum atomic E-state index is 13.0. The van der Waals surface area contributed by atoms with Gasteiger partial charge in [0.1, 0.15) is 43.2 Å². The van der Waals surface area contributed by atoms with Crippen LogP contribution in [0.3, 0.4) is 0 Å².